The maximum absolute atomic E-state index is 11.4. The average Bonchev–Trinajstić information content (AvgIpc) is 2.27. The number of carbonyl (C=O) groups is 1. The van der Waals surface area contributed by atoms with Crippen molar-refractivity contribution in [3.8, 4) is 5.75 Å². The van der Waals surface area contributed by atoms with E-state index in [9.17, 15) is 4.79 Å². The highest BCUT2D eigenvalue weighted by Gasteiger charge is 2.26. The van der Waals surface area contributed by atoms with Crippen LogP contribution in [-0.2, 0) is 6.42 Å². The van der Waals surface area contributed by atoms with Crippen LogP contribution in [0.15, 0.2) is 30.4 Å². The summed E-state index contributed by atoms with van der Waals surface area (Å²) in [6.07, 6.45) is 6.75. The van der Waals surface area contributed by atoms with Gasteiger partial charge in [-0.05, 0) is 24.5 Å². The molecule has 0 N–H and O–H groups in total. The quantitative estimate of drug-likeness (QED) is 0.558. The van der Waals surface area contributed by atoms with Crippen molar-refractivity contribution in [2.45, 2.75) is 26.2 Å². The van der Waals surface area contributed by atoms with Crippen molar-refractivity contribution in [3.05, 3.63) is 41.5 Å². The van der Waals surface area contributed by atoms with Crippen molar-refractivity contribution in [1.29, 1.82) is 0 Å². The summed E-state index contributed by atoms with van der Waals surface area (Å²) in [6.45, 7) is 2.75. The Bertz CT molecular complexity index is 419. The van der Waals surface area contributed by atoms with E-state index < -0.39 is 0 Å². The predicted octanol–water partition coefficient (Wildman–Crippen LogP) is 3.16. The van der Waals surface area contributed by atoms with E-state index in [0.29, 0.717) is 13.0 Å². The summed E-state index contributed by atoms with van der Waals surface area (Å²) in [7, 11) is 0. The third kappa shape index (κ3) is 2.16. The first-order valence-electron chi connectivity index (χ1n) is 5.75. The minimum atomic E-state index is 0.203. The van der Waals surface area contributed by atoms with Crippen molar-refractivity contribution in [1.82, 2.24) is 0 Å². The number of hydrogen-bond acceptors (Lipinski definition) is 2. The molecule has 0 amide bonds. The molecule has 0 heterocycles. The summed E-state index contributed by atoms with van der Waals surface area (Å²) in [5, 5.41) is 0. The van der Waals surface area contributed by atoms with Gasteiger partial charge in [0.25, 0.3) is 0 Å². The van der Waals surface area contributed by atoms with Gasteiger partial charge in [-0.1, -0.05) is 31.2 Å². The van der Waals surface area contributed by atoms with E-state index in [4.69, 9.17) is 4.74 Å². The highest BCUT2D eigenvalue weighted by Crippen LogP contribution is 2.31. The summed E-state index contributed by atoms with van der Waals surface area (Å²) in [4.78, 5) is 11.4. The van der Waals surface area contributed by atoms with Crippen LogP contribution < -0.4 is 4.74 Å². The number of allylic oxidation sites excluding steroid dienone is 1. The fraction of sp³-hybridized carbons (Fsp3) is 0.357. The zero-order chi connectivity index (χ0) is 11.4. The number of fused-ring (bicyclic) bond motifs is 1. The molecule has 0 atom stereocenters. The van der Waals surface area contributed by atoms with Crippen molar-refractivity contribution in [3.63, 3.8) is 0 Å². The van der Waals surface area contributed by atoms with Crippen molar-refractivity contribution >= 4 is 5.78 Å². The number of benzene rings is 1. The molecule has 0 unspecified atom stereocenters. The summed E-state index contributed by atoms with van der Waals surface area (Å²) in [5.74, 6) is 0.952. The van der Waals surface area contributed by atoms with E-state index in [-0.39, 0.29) is 5.78 Å². The molecule has 0 bridgehead atoms. The van der Waals surface area contributed by atoms with Gasteiger partial charge >= 0.3 is 0 Å². The Balaban J connectivity index is 1.93. The number of Topliss-reactive ketones (excluding diaryl/α,β-unsaturated/α-hetero) is 1. The summed E-state index contributed by atoms with van der Waals surface area (Å²) >= 11 is 0. The Morgan fingerprint density at radius 3 is 3.00 bits per heavy atom. The van der Waals surface area contributed by atoms with Gasteiger partial charge in [-0.25, -0.2) is 0 Å². The third-order valence-electron chi connectivity index (χ3n) is 2.69. The Kier molecular flexibility index (Phi) is 3.40. The first-order chi connectivity index (χ1) is 7.83. The molecule has 0 radical (unpaired) electrons. The molecule has 0 saturated heterocycles. The van der Waals surface area contributed by atoms with E-state index in [1.54, 1.807) is 0 Å². The van der Waals surface area contributed by atoms with E-state index >= 15 is 0 Å². The SMILES string of the molecule is CC/C=C/CCOc1cccc2c1C(=O)C2. The van der Waals surface area contributed by atoms with Crippen LogP contribution >= 0.6 is 0 Å². The topological polar surface area (TPSA) is 26.3 Å². The third-order valence-corrected chi connectivity index (χ3v) is 2.69. The molecule has 1 aliphatic carbocycles. The van der Waals surface area contributed by atoms with Gasteiger partial charge in [-0.3, -0.25) is 4.79 Å². The molecule has 0 aliphatic heterocycles. The van der Waals surface area contributed by atoms with Gasteiger partial charge in [0.2, 0.25) is 0 Å². The molecule has 0 saturated carbocycles. The van der Waals surface area contributed by atoms with Gasteiger partial charge < -0.3 is 4.74 Å². The van der Waals surface area contributed by atoms with Gasteiger partial charge in [0.05, 0.1) is 12.2 Å². The molecule has 2 heteroatoms. The average molecular weight is 216 g/mol. The van der Waals surface area contributed by atoms with Crippen molar-refractivity contribution in [2.75, 3.05) is 6.61 Å². The second kappa shape index (κ2) is 4.97. The van der Waals surface area contributed by atoms with Crippen LogP contribution in [0.25, 0.3) is 0 Å². The molecule has 0 spiro atoms. The number of ether oxygens (including phenoxy) is 1. The summed E-state index contributed by atoms with van der Waals surface area (Å²) in [5.41, 5.74) is 1.91. The lowest BCUT2D eigenvalue weighted by Gasteiger charge is -2.20. The van der Waals surface area contributed by atoms with Gasteiger partial charge in [-0.2, -0.15) is 0 Å². The molecule has 16 heavy (non-hydrogen) atoms. The number of carbonyl (C=O) groups excluding carboxylic acids is 1. The molecule has 0 fully saturated rings. The molecular formula is C14H16O2. The van der Waals surface area contributed by atoms with Crippen LogP contribution in [0.4, 0.5) is 0 Å². The lowest BCUT2D eigenvalue weighted by molar-refractivity contribution is 0.0963. The molecule has 1 aromatic carbocycles. The number of ketones is 1. The maximum Gasteiger partial charge on any atom is 0.171 e. The smallest absolute Gasteiger partial charge is 0.171 e. The van der Waals surface area contributed by atoms with Crippen LogP contribution in [0, 0.1) is 0 Å². The minimum absolute atomic E-state index is 0.203. The van der Waals surface area contributed by atoms with Crippen molar-refractivity contribution in [2.24, 2.45) is 0 Å². The zero-order valence-corrected chi connectivity index (χ0v) is 9.53. The first-order valence-corrected chi connectivity index (χ1v) is 5.75. The molecule has 2 rings (SSSR count). The summed E-state index contributed by atoms with van der Waals surface area (Å²) in [6, 6.07) is 5.81. The van der Waals surface area contributed by atoms with Crippen LogP contribution in [0.1, 0.15) is 35.7 Å². The fourth-order valence-electron chi connectivity index (χ4n) is 1.84. The lowest BCUT2D eigenvalue weighted by Crippen LogP contribution is -2.20. The number of hydrogen-bond donors (Lipinski definition) is 0. The normalized spacial score (nSPS) is 13.7. The lowest BCUT2D eigenvalue weighted by atomic mass is 9.86. The Morgan fingerprint density at radius 1 is 1.38 bits per heavy atom. The first kappa shape index (κ1) is 10.9. The standard InChI is InChI=1S/C14H16O2/c1-2-3-4-5-9-16-13-8-6-7-11-10-12(15)14(11)13/h3-4,6-8H,2,5,9-10H2,1H3/b4-3+. The second-order valence-corrected chi connectivity index (χ2v) is 3.91. The minimum Gasteiger partial charge on any atom is -0.492 e. The van der Waals surface area contributed by atoms with Gasteiger partial charge in [0.15, 0.2) is 5.78 Å². The molecule has 1 aliphatic rings. The van der Waals surface area contributed by atoms with E-state index in [2.05, 4.69) is 19.1 Å². The monoisotopic (exact) mass is 216 g/mol. The zero-order valence-electron chi connectivity index (χ0n) is 9.53. The maximum atomic E-state index is 11.4. The number of rotatable bonds is 5. The molecule has 84 valence electrons. The Hall–Kier alpha value is -1.57. The fourth-order valence-corrected chi connectivity index (χ4v) is 1.84. The van der Waals surface area contributed by atoms with Gasteiger partial charge in [0, 0.05) is 6.42 Å². The second-order valence-electron chi connectivity index (χ2n) is 3.91. The highest BCUT2D eigenvalue weighted by molar-refractivity contribution is 6.08. The Labute approximate surface area is 95.9 Å². The van der Waals surface area contributed by atoms with E-state index in [1.165, 1.54) is 0 Å². The highest BCUT2D eigenvalue weighted by atomic mass is 16.5. The predicted molar refractivity (Wildman–Crippen MR) is 64.0 cm³/mol. The summed E-state index contributed by atoms with van der Waals surface area (Å²) < 4.78 is 5.61. The van der Waals surface area contributed by atoms with Crippen LogP contribution in [-0.4, -0.2) is 12.4 Å². The molecule has 0 aromatic heterocycles. The van der Waals surface area contributed by atoms with E-state index in [1.807, 2.05) is 18.2 Å². The van der Waals surface area contributed by atoms with Gasteiger partial charge in [0.1, 0.15) is 5.75 Å². The van der Waals surface area contributed by atoms with Crippen LogP contribution in [0.5, 0.6) is 5.75 Å². The molecule has 2 nitrogen and oxygen atoms in total. The largest absolute Gasteiger partial charge is 0.492 e. The molecular weight excluding hydrogens is 200 g/mol. The van der Waals surface area contributed by atoms with Crippen LogP contribution in [0.2, 0.25) is 0 Å². The van der Waals surface area contributed by atoms with Crippen molar-refractivity contribution < 1.29 is 9.53 Å². The van der Waals surface area contributed by atoms with Crippen LogP contribution in [0.3, 0.4) is 0 Å². The Morgan fingerprint density at radius 2 is 2.25 bits per heavy atom. The van der Waals surface area contributed by atoms with Gasteiger partial charge in [-0.15, -0.1) is 0 Å². The molecule has 1 aromatic rings. The van der Waals surface area contributed by atoms with E-state index in [0.717, 1.165) is 29.7 Å².